The average molecular weight is 362 g/mol. The number of phenolic OH excluding ortho intramolecular Hbond substituents is 1. The Bertz CT molecular complexity index is 923. The van der Waals surface area contributed by atoms with Gasteiger partial charge in [0.25, 0.3) is 5.91 Å². The van der Waals surface area contributed by atoms with Gasteiger partial charge in [0.1, 0.15) is 11.4 Å². The van der Waals surface area contributed by atoms with Gasteiger partial charge in [-0.25, -0.2) is 0 Å². The smallest absolute Gasteiger partial charge is 0.271 e. The van der Waals surface area contributed by atoms with Crippen LogP contribution in [0.1, 0.15) is 16.9 Å². The maximum Gasteiger partial charge on any atom is 0.271 e. The van der Waals surface area contributed by atoms with Gasteiger partial charge in [0.15, 0.2) is 0 Å². The molecule has 2 aromatic carbocycles. The fourth-order valence-electron chi connectivity index (χ4n) is 3.45. The molecule has 6 heteroatoms. The van der Waals surface area contributed by atoms with Crippen LogP contribution in [0.5, 0.6) is 5.75 Å². The summed E-state index contributed by atoms with van der Waals surface area (Å²) in [6.07, 6.45) is 0.918. The second kappa shape index (κ2) is 7.53. The minimum Gasteiger partial charge on any atom is -0.507 e. The number of aromatic nitrogens is 2. The summed E-state index contributed by atoms with van der Waals surface area (Å²) in [7, 11) is 0. The zero-order valence-corrected chi connectivity index (χ0v) is 15.0. The predicted molar refractivity (Wildman–Crippen MR) is 105 cm³/mol. The van der Waals surface area contributed by atoms with Crippen molar-refractivity contribution in [3.8, 4) is 17.0 Å². The normalized spacial score (nSPS) is 14.8. The first kappa shape index (κ1) is 17.1. The van der Waals surface area contributed by atoms with Crippen molar-refractivity contribution >= 4 is 11.6 Å². The van der Waals surface area contributed by atoms with Crippen molar-refractivity contribution in [3.63, 3.8) is 0 Å². The molecule has 1 fully saturated rings. The Kier molecular flexibility index (Phi) is 4.78. The minimum atomic E-state index is -0.0564. The number of amides is 1. The number of aromatic amines is 1. The van der Waals surface area contributed by atoms with Crippen molar-refractivity contribution in [2.24, 2.45) is 0 Å². The van der Waals surface area contributed by atoms with Crippen LogP contribution in [0, 0.1) is 0 Å². The van der Waals surface area contributed by atoms with Gasteiger partial charge in [0, 0.05) is 37.4 Å². The quantitative estimate of drug-likeness (QED) is 0.751. The molecule has 3 aromatic rings. The predicted octanol–water partition coefficient (Wildman–Crippen LogP) is 3.13. The van der Waals surface area contributed by atoms with E-state index in [2.05, 4.69) is 27.2 Å². The fourth-order valence-corrected chi connectivity index (χ4v) is 3.45. The number of benzene rings is 2. The zero-order valence-electron chi connectivity index (χ0n) is 15.0. The fraction of sp³-hybridized carbons (Fsp3) is 0.238. The molecule has 1 aliphatic rings. The van der Waals surface area contributed by atoms with Crippen molar-refractivity contribution in [1.29, 1.82) is 0 Å². The number of H-pyrrole nitrogens is 1. The summed E-state index contributed by atoms with van der Waals surface area (Å²) in [5.41, 5.74) is 2.81. The molecule has 1 amide bonds. The first-order chi connectivity index (χ1) is 13.2. The average Bonchev–Trinajstić information content (AvgIpc) is 3.06. The highest BCUT2D eigenvalue weighted by Gasteiger charge is 2.22. The van der Waals surface area contributed by atoms with E-state index in [9.17, 15) is 9.90 Å². The molecule has 0 bridgehead atoms. The lowest BCUT2D eigenvalue weighted by Gasteiger charge is -2.23. The largest absolute Gasteiger partial charge is 0.507 e. The summed E-state index contributed by atoms with van der Waals surface area (Å²) >= 11 is 0. The Morgan fingerprint density at radius 1 is 0.963 bits per heavy atom. The highest BCUT2D eigenvalue weighted by atomic mass is 16.3. The zero-order chi connectivity index (χ0) is 18.6. The molecular weight excluding hydrogens is 340 g/mol. The second-order valence-electron chi connectivity index (χ2n) is 6.65. The Morgan fingerprint density at radius 2 is 1.74 bits per heavy atom. The van der Waals surface area contributed by atoms with Crippen molar-refractivity contribution in [1.82, 2.24) is 15.1 Å². The standard InChI is InChI=1S/C21H22N4O2/c26-20-10-5-4-9-17(20)18-15-19(23-22-18)21(27)25-12-6-11-24(13-14-25)16-7-2-1-3-8-16/h1-5,7-10,15,26H,6,11-14H2,(H,22,23). The van der Waals surface area contributed by atoms with Crippen LogP contribution in [-0.2, 0) is 0 Å². The number of nitrogens with one attached hydrogen (secondary N) is 1. The van der Waals surface area contributed by atoms with Crippen LogP contribution in [0.3, 0.4) is 0 Å². The van der Waals surface area contributed by atoms with Crippen LogP contribution < -0.4 is 4.90 Å². The third-order valence-corrected chi connectivity index (χ3v) is 4.89. The summed E-state index contributed by atoms with van der Waals surface area (Å²) in [6, 6.07) is 19.0. The van der Waals surface area contributed by atoms with E-state index in [0.29, 0.717) is 30.0 Å². The van der Waals surface area contributed by atoms with Crippen LogP contribution in [0.25, 0.3) is 11.3 Å². The molecule has 2 heterocycles. The molecule has 0 radical (unpaired) electrons. The third kappa shape index (κ3) is 3.65. The molecule has 1 aromatic heterocycles. The minimum absolute atomic E-state index is 0.0564. The van der Waals surface area contributed by atoms with Crippen molar-refractivity contribution < 1.29 is 9.90 Å². The SMILES string of the molecule is O=C(c1cc(-c2ccccc2O)n[nH]1)N1CCCN(c2ccccc2)CC1. The lowest BCUT2D eigenvalue weighted by Crippen LogP contribution is -2.35. The summed E-state index contributed by atoms with van der Waals surface area (Å²) in [5, 5.41) is 17.0. The summed E-state index contributed by atoms with van der Waals surface area (Å²) in [5.74, 6) is 0.0929. The molecule has 4 rings (SSSR count). The molecule has 0 saturated carbocycles. The molecule has 27 heavy (non-hydrogen) atoms. The number of rotatable bonds is 3. The summed E-state index contributed by atoms with van der Waals surface area (Å²) in [6.45, 7) is 3.11. The van der Waals surface area contributed by atoms with Crippen molar-refractivity contribution in [2.45, 2.75) is 6.42 Å². The number of para-hydroxylation sites is 2. The number of carbonyl (C=O) groups excluding carboxylic acids is 1. The molecule has 2 N–H and O–H groups in total. The number of hydrogen-bond acceptors (Lipinski definition) is 4. The molecule has 6 nitrogen and oxygen atoms in total. The highest BCUT2D eigenvalue weighted by molar-refractivity contribution is 5.93. The van der Waals surface area contributed by atoms with E-state index in [4.69, 9.17) is 0 Å². The van der Waals surface area contributed by atoms with Crippen LogP contribution in [0.4, 0.5) is 5.69 Å². The molecule has 0 aliphatic carbocycles. The van der Waals surface area contributed by atoms with E-state index >= 15 is 0 Å². The van der Waals surface area contributed by atoms with E-state index in [1.54, 1.807) is 24.3 Å². The van der Waals surface area contributed by atoms with Gasteiger partial charge in [-0.3, -0.25) is 9.89 Å². The van der Waals surface area contributed by atoms with Gasteiger partial charge in [-0.15, -0.1) is 0 Å². The summed E-state index contributed by atoms with van der Waals surface area (Å²) in [4.78, 5) is 17.1. The van der Waals surface area contributed by atoms with Gasteiger partial charge in [-0.1, -0.05) is 30.3 Å². The molecule has 0 spiro atoms. The number of nitrogens with zero attached hydrogens (tertiary/aromatic N) is 3. The van der Waals surface area contributed by atoms with Crippen LogP contribution in [0.2, 0.25) is 0 Å². The van der Waals surface area contributed by atoms with Crippen LogP contribution >= 0.6 is 0 Å². The Morgan fingerprint density at radius 3 is 2.56 bits per heavy atom. The molecule has 0 unspecified atom stereocenters. The lowest BCUT2D eigenvalue weighted by atomic mass is 10.1. The molecule has 138 valence electrons. The van der Waals surface area contributed by atoms with Crippen LogP contribution in [-0.4, -0.2) is 52.3 Å². The second-order valence-corrected chi connectivity index (χ2v) is 6.65. The maximum absolute atomic E-state index is 12.9. The van der Waals surface area contributed by atoms with Gasteiger partial charge in [-0.2, -0.15) is 5.10 Å². The van der Waals surface area contributed by atoms with Gasteiger partial charge in [-0.05, 0) is 36.8 Å². The molecular formula is C21H22N4O2. The van der Waals surface area contributed by atoms with E-state index in [1.165, 1.54) is 5.69 Å². The van der Waals surface area contributed by atoms with Crippen molar-refractivity contribution in [3.05, 3.63) is 66.4 Å². The first-order valence-corrected chi connectivity index (χ1v) is 9.15. The Labute approximate surface area is 158 Å². The van der Waals surface area contributed by atoms with Gasteiger partial charge in [0.2, 0.25) is 0 Å². The maximum atomic E-state index is 12.9. The number of phenols is 1. The van der Waals surface area contributed by atoms with Gasteiger partial charge >= 0.3 is 0 Å². The number of hydrogen-bond donors (Lipinski definition) is 2. The van der Waals surface area contributed by atoms with E-state index < -0.39 is 0 Å². The Hall–Kier alpha value is -3.28. The number of aromatic hydroxyl groups is 1. The van der Waals surface area contributed by atoms with E-state index in [1.807, 2.05) is 29.2 Å². The highest BCUT2D eigenvalue weighted by Crippen LogP contribution is 2.27. The molecule has 1 aliphatic heterocycles. The molecule has 0 atom stereocenters. The van der Waals surface area contributed by atoms with E-state index in [0.717, 1.165) is 19.5 Å². The monoisotopic (exact) mass is 362 g/mol. The number of anilines is 1. The van der Waals surface area contributed by atoms with Crippen LogP contribution in [0.15, 0.2) is 60.7 Å². The summed E-state index contributed by atoms with van der Waals surface area (Å²) < 4.78 is 0. The Balaban J connectivity index is 1.47. The lowest BCUT2D eigenvalue weighted by molar-refractivity contribution is 0.0761. The molecule has 1 saturated heterocycles. The van der Waals surface area contributed by atoms with Gasteiger partial charge < -0.3 is 14.9 Å². The first-order valence-electron chi connectivity index (χ1n) is 9.15. The third-order valence-electron chi connectivity index (χ3n) is 4.89. The van der Waals surface area contributed by atoms with Gasteiger partial charge in [0.05, 0.1) is 5.69 Å². The topological polar surface area (TPSA) is 72.5 Å². The van der Waals surface area contributed by atoms with Crippen molar-refractivity contribution in [2.75, 3.05) is 31.1 Å². The number of carbonyl (C=O) groups is 1. The van der Waals surface area contributed by atoms with E-state index in [-0.39, 0.29) is 11.7 Å².